The first-order valence-corrected chi connectivity index (χ1v) is 5.92. The van der Waals surface area contributed by atoms with Crippen LogP contribution in [0.1, 0.15) is 11.3 Å². The van der Waals surface area contributed by atoms with Gasteiger partial charge in [0, 0.05) is 23.8 Å². The van der Waals surface area contributed by atoms with Crippen molar-refractivity contribution in [3.63, 3.8) is 0 Å². The molecule has 0 radical (unpaired) electrons. The van der Waals surface area contributed by atoms with Gasteiger partial charge in [-0.1, -0.05) is 22.5 Å². The SMILES string of the molecule is C=C(Br)CNCc1cnc2cc(C)ccn12. The Labute approximate surface area is 103 Å². The van der Waals surface area contributed by atoms with Gasteiger partial charge in [0.05, 0.1) is 11.9 Å². The fraction of sp³-hybridized carbons (Fsp3) is 0.250. The van der Waals surface area contributed by atoms with Crippen LogP contribution in [0, 0.1) is 6.92 Å². The second-order valence-electron chi connectivity index (χ2n) is 3.80. The second kappa shape index (κ2) is 4.80. The fourth-order valence-electron chi connectivity index (χ4n) is 1.59. The van der Waals surface area contributed by atoms with E-state index in [1.165, 1.54) is 5.56 Å². The van der Waals surface area contributed by atoms with Crippen LogP contribution in [0.2, 0.25) is 0 Å². The highest BCUT2D eigenvalue weighted by Crippen LogP contribution is 2.09. The van der Waals surface area contributed by atoms with Gasteiger partial charge in [-0.15, -0.1) is 0 Å². The third-order valence-electron chi connectivity index (χ3n) is 2.37. The lowest BCUT2D eigenvalue weighted by molar-refractivity contribution is 0.731. The molecule has 84 valence electrons. The molecule has 0 spiro atoms. The Hall–Kier alpha value is -1.13. The molecule has 0 atom stereocenters. The number of rotatable bonds is 4. The average molecular weight is 280 g/mol. The van der Waals surface area contributed by atoms with Crippen molar-refractivity contribution in [3.8, 4) is 0 Å². The van der Waals surface area contributed by atoms with Gasteiger partial charge in [-0.05, 0) is 24.6 Å². The molecule has 0 fully saturated rings. The molecule has 2 rings (SSSR count). The number of pyridine rings is 1. The molecule has 2 aromatic rings. The van der Waals surface area contributed by atoms with E-state index in [0.29, 0.717) is 0 Å². The first-order valence-electron chi connectivity index (χ1n) is 5.13. The lowest BCUT2D eigenvalue weighted by atomic mass is 10.3. The van der Waals surface area contributed by atoms with Crippen LogP contribution in [0.25, 0.3) is 5.65 Å². The third-order valence-corrected chi connectivity index (χ3v) is 2.65. The van der Waals surface area contributed by atoms with Crippen molar-refractivity contribution < 1.29 is 0 Å². The van der Waals surface area contributed by atoms with Crippen molar-refractivity contribution in [2.24, 2.45) is 0 Å². The van der Waals surface area contributed by atoms with Crippen LogP contribution in [0.5, 0.6) is 0 Å². The summed E-state index contributed by atoms with van der Waals surface area (Å²) in [7, 11) is 0. The molecular weight excluding hydrogens is 266 g/mol. The fourth-order valence-corrected chi connectivity index (χ4v) is 1.79. The Morgan fingerprint density at radius 3 is 3.19 bits per heavy atom. The number of aryl methyl sites for hydroxylation is 1. The Balaban J connectivity index is 2.15. The maximum Gasteiger partial charge on any atom is 0.137 e. The molecule has 0 aliphatic heterocycles. The van der Waals surface area contributed by atoms with E-state index in [1.54, 1.807) is 0 Å². The Kier molecular flexibility index (Phi) is 3.41. The second-order valence-corrected chi connectivity index (χ2v) is 4.92. The predicted octanol–water partition coefficient (Wildman–Crippen LogP) is 2.64. The summed E-state index contributed by atoms with van der Waals surface area (Å²) in [5, 5.41) is 3.29. The first-order chi connectivity index (χ1) is 7.66. The van der Waals surface area contributed by atoms with E-state index in [0.717, 1.165) is 28.9 Å². The number of imidazole rings is 1. The van der Waals surface area contributed by atoms with Crippen LogP contribution in [0.15, 0.2) is 35.6 Å². The summed E-state index contributed by atoms with van der Waals surface area (Å²) in [6, 6.07) is 4.16. The zero-order chi connectivity index (χ0) is 11.5. The lowest BCUT2D eigenvalue weighted by Crippen LogP contribution is -2.15. The van der Waals surface area contributed by atoms with Gasteiger partial charge < -0.3 is 9.72 Å². The molecule has 0 aromatic carbocycles. The van der Waals surface area contributed by atoms with E-state index in [1.807, 2.05) is 6.20 Å². The topological polar surface area (TPSA) is 29.3 Å². The summed E-state index contributed by atoms with van der Waals surface area (Å²) in [6.45, 7) is 7.40. The van der Waals surface area contributed by atoms with Crippen molar-refractivity contribution in [3.05, 3.63) is 46.8 Å². The molecule has 0 bridgehead atoms. The molecule has 0 saturated carbocycles. The van der Waals surface area contributed by atoms with Gasteiger partial charge in [-0.3, -0.25) is 0 Å². The molecule has 2 aromatic heterocycles. The Morgan fingerprint density at radius 2 is 2.44 bits per heavy atom. The summed E-state index contributed by atoms with van der Waals surface area (Å²) < 4.78 is 3.05. The molecule has 0 saturated heterocycles. The molecule has 1 N–H and O–H groups in total. The molecule has 0 unspecified atom stereocenters. The third kappa shape index (κ3) is 2.51. The summed E-state index contributed by atoms with van der Waals surface area (Å²) in [4.78, 5) is 4.37. The van der Waals surface area contributed by atoms with Crippen LogP contribution in [-0.2, 0) is 6.54 Å². The molecule has 16 heavy (non-hydrogen) atoms. The van der Waals surface area contributed by atoms with Crippen LogP contribution in [-0.4, -0.2) is 15.9 Å². The molecule has 4 heteroatoms. The highest BCUT2D eigenvalue weighted by molar-refractivity contribution is 9.11. The molecule has 3 nitrogen and oxygen atoms in total. The van der Waals surface area contributed by atoms with E-state index < -0.39 is 0 Å². The number of nitrogens with one attached hydrogen (secondary N) is 1. The maximum atomic E-state index is 4.37. The number of aromatic nitrogens is 2. The molecule has 2 heterocycles. The summed E-state index contributed by atoms with van der Waals surface area (Å²) in [6.07, 6.45) is 3.95. The van der Waals surface area contributed by atoms with Gasteiger partial charge in [0.15, 0.2) is 0 Å². The minimum Gasteiger partial charge on any atom is -0.307 e. The van der Waals surface area contributed by atoms with Crippen molar-refractivity contribution in [2.45, 2.75) is 13.5 Å². The molecular formula is C12H14BrN3. The van der Waals surface area contributed by atoms with Gasteiger partial charge >= 0.3 is 0 Å². The maximum absolute atomic E-state index is 4.37. The lowest BCUT2D eigenvalue weighted by Gasteiger charge is -2.04. The summed E-state index contributed by atoms with van der Waals surface area (Å²) in [5.41, 5.74) is 3.38. The zero-order valence-electron chi connectivity index (χ0n) is 9.20. The minimum absolute atomic E-state index is 0.763. The normalized spacial score (nSPS) is 10.9. The first kappa shape index (κ1) is 11.4. The van der Waals surface area contributed by atoms with E-state index in [-0.39, 0.29) is 0 Å². The molecule has 0 aliphatic carbocycles. The van der Waals surface area contributed by atoms with Gasteiger partial charge in [0.1, 0.15) is 5.65 Å². The number of hydrogen-bond donors (Lipinski definition) is 1. The van der Waals surface area contributed by atoms with E-state index in [4.69, 9.17) is 0 Å². The monoisotopic (exact) mass is 279 g/mol. The van der Waals surface area contributed by atoms with Crippen LogP contribution >= 0.6 is 15.9 Å². The Bertz CT molecular complexity index is 516. The number of fused-ring (bicyclic) bond motifs is 1. The van der Waals surface area contributed by atoms with Crippen molar-refractivity contribution in [1.82, 2.24) is 14.7 Å². The average Bonchev–Trinajstić information content (AvgIpc) is 2.60. The van der Waals surface area contributed by atoms with E-state index in [9.17, 15) is 0 Å². The van der Waals surface area contributed by atoms with Gasteiger partial charge in [-0.25, -0.2) is 4.98 Å². The van der Waals surface area contributed by atoms with Crippen LogP contribution in [0.4, 0.5) is 0 Å². The smallest absolute Gasteiger partial charge is 0.137 e. The van der Waals surface area contributed by atoms with Gasteiger partial charge in [-0.2, -0.15) is 0 Å². The van der Waals surface area contributed by atoms with E-state index in [2.05, 4.69) is 62.5 Å². The molecule has 0 aliphatic rings. The number of halogens is 1. The van der Waals surface area contributed by atoms with Crippen molar-refractivity contribution in [1.29, 1.82) is 0 Å². The van der Waals surface area contributed by atoms with Gasteiger partial charge in [0.2, 0.25) is 0 Å². The summed E-state index contributed by atoms with van der Waals surface area (Å²) in [5.74, 6) is 0. The summed E-state index contributed by atoms with van der Waals surface area (Å²) >= 11 is 3.32. The van der Waals surface area contributed by atoms with Crippen molar-refractivity contribution >= 4 is 21.6 Å². The van der Waals surface area contributed by atoms with E-state index >= 15 is 0 Å². The highest BCUT2D eigenvalue weighted by Gasteiger charge is 2.02. The quantitative estimate of drug-likeness (QED) is 0.933. The van der Waals surface area contributed by atoms with Crippen LogP contribution in [0.3, 0.4) is 0 Å². The minimum atomic E-state index is 0.763. The number of hydrogen-bond acceptors (Lipinski definition) is 2. The standard InChI is InChI=1S/C12H14BrN3/c1-9-3-4-16-11(7-14-6-10(2)13)8-15-12(16)5-9/h3-5,8,14H,2,6-7H2,1H3. The zero-order valence-corrected chi connectivity index (χ0v) is 10.8. The molecule has 0 amide bonds. The number of nitrogens with zero attached hydrogens (tertiary/aromatic N) is 2. The van der Waals surface area contributed by atoms with Crippen molar-refractivity contribution in [2.75, 3.05) is 6.54 Å². The predicted molar refractivity (Wildman–Crippen MR) is 69.7 cm³/mol. The Morgan fingerprint density at radius 1 is 1.62 bits per heavy atom. The van der Waals surface area contributed by atoms with Gasteiger partial charge in [0.25, 0.3) is 0 Å². The van der Waals surface area contributed by atoms with Crippen LogP contribution < -0.4 is 5.32 Å². The largest absolute Gasteiger partial charge is 0.307 e. The highest BCUT2D eigenvalue weighted by atomic mass is 79.9.